The van der Waals surface area contributed by atoms with Gasteiger partial charge in [-0.2, -0.15) is 0 Å². The van der Waals surface area contributed by atoms with Crippen LogP contribution >= 0.6 is 23.2 Å². The molecule has 3 amide bonds. The molecule has 0 bridgehead atoms. The van der Waals surface area contributed by atoms with Crippen molar-refractivity contribution in [2.24, 2.45) is 11.8 Å². The van der Waals surface area contributed by atoms with Crippen molar-refractivity contribution < 1.29 is 23.9 Å². The summed E-state index contributed by atoms with van der Waals surface area (Å²) in [5.74, 6) is -0.633. The normalized spacial score (nSPS) is 19.5. The molecule has 220 valence electrons. The largest absolute Gasteiger partial charge is 0.441 e. The van der Waals surface area contributed by atoms with Gasteiger partial charge in [0.2, 0.25) is 11.8 Å². The molecule has 2 aromatic carbocycles. The molecule has 1 saturated carbocycles. The molecule has 4 rings (SSSR count). The Hall–Kier alpha value is -3.10. The number of aldehydes is 1. The topological polar surface area (TPSA) is 114 Å². The quantitative estimate of drug-likeness (QED) is 0.276. The Morgan fingerprint density at radius 3 is 2.37 bits per heavy atom. The van der Waals surface area contributed by atoms with Gasteiger partial charge in [0.1, 0.15) is 18.4 Å². The third-order valence-electron chi connectivity index (χ3n) is 7.88. The molecule has 41 heavy (non-hydrogen) atoms. The molecule has 4 atom stereocenters. The lowest BCUT2D eigenvalue weighted by molar-refractivity contribution is -0.127. The first-order valence-corrected chi connectivity index (χ1v) is 15.1. The number of ether oxygens (including phenoxy) is 1. The van der Waals surface area contributed by atoms with Crippen LogP contribution in [-0.4, -0.2) is 42.8 Å². The van der Waals surface area contributed by atoms with Gasteiger partial charge in [0, 0.05) is 28.9 Å². The lowest BCUT2D eigenvalue weighted by atomic mass is 9.84. The summed E-state index contributed by atoms with van der Waals surface area (Å²) in [4.78, 5) is 50.6. The molecule has 2 aliphatic rings. The van der Waals surface area contributed by atoms with E-state index >= 15 is 0 Å². The van der Waals surface area contributed by atoms with E-state index in [4.69, 9.17) is 27.9 Å². The van der Waals surface area contributed by atoms with Crippen LogP contribution in [0, 0.1) is 11.8 Å². The molecule has 2 fully saturated rings. The van der Waals surface area contributed by atoms with Gasteiger partial charge < -0.3 is 25.5 Å². The predicted molar refractivity (Wildman–Crippen MR) is 158 cm³/mol. The molecule has 0 spiro atoms. The summed E-state index contributed by atoms with van der Waals surface area (Å²) in [6, 6.07) is 12.7. The number of alkyl carbamates (subject to hydrolysis) is 1. The van der Waals surface area contributed by atoms with E-state index in [2.05, 4.69) is 16.0 Å². The van der Waals surface area contributed by atoms with Crippen LogP contribution in [0.4, 0.5) is 4.79 Å². The number of rotatable bonds is 12. The van der Waals surface area contributed by atoms with Crippen LogP contribution < -0.4 is 16.0 Å². The Morgan fingerprint density at radius 2 is 1.71 bits per heavy atom. The number of nitrogens with one attached hydrogen (secondary N) is 3. The highest BCUT2D eigenvalue weighted by atomic mass is 35.5. The summed E-state index contributed by atoms with van der Waals surface area (Å²) < 4.78 is 5.90. The third kappa shape index (κ3) is 9.47. The third-order valence-corrected chi connectivity index (χ3v) is 8.35. The lowest BCUT2D eigenvalue weighted by Crippen LogP contribution is -2.51. The SMILES string of the molecule is O=CC(CC1CCNC1=O)NC(=O)C(CC1CCCCC1)NC(=O)OC(Cc1cccc(Cl)c1)c1cccc(Cl)c1. The first-order valence-electron chi connectivity index (χ1n) is 14.3. The molecule has 0 aromatic heterocycles. The molecule has 1 heterocycles. The Bertz CT molecular complexity index is 1220. The molecule has 10 heteroatoms. The zero-order chi connectivity index (χ0) is 29.2. The maximum atomic E-state index is 13.4. The summed E-state index contributed by atoms with van der Waals surface area (Å²) in [6.07, 6.45) is 6.10. The minimum Gasteiger partial charge on any atom is -0.441 e. The second-order valence-corrected chi connectivity index (χ2v) is 11.9. The molecular formula is C31H37Cl2N3O5. The smallest absolute Gasteiger partial charge is 0.408 e. The Morgan fingerprint density at radius 1 is 0.976 bits per heavy atom. The second kappa shape index (κ2) is 15.2. The number of benzene rings is 2. The van der Waals surface area contributed by atoms with Gasteiger partial charge in [-0.1, -0.05) is 79.6 Å². The summed E-state index contributed by atoms with van der Waals surface area (Å²) in [5.41, 5.74) is 1.58. The van der Waals surface area contributed by atoms with E-state index in [0.717, 1.165) is 37.7 Å². The van der Waals surface area contributed by atoms with Gasteiger partial charge in [0.15, 0.2) is 0 Å². The standard InChI is InChI=1S/C31H37Cl2N3O5/c32-24-10-4-8-21(14-24)16-28(22-9-5-11-25(33)17-22)41-31(40)36-27(15-20-6-2-1-3-7-20)30(39)35-26(19-37)18-23-12-13-34-29(23)38/h4-5,8-11,14,17,19-20,23,26-28H,1-3,6-7,12-13,15-16,18H2,(H,34,38)(H,35,39)(H,36,40). The second-order valence-electron chi connectivity index (χ2n) is 11.0. The molecule has 0 radical (unpaired) electrons. The van der Waals surface area contributed by atoms with Crippen LogP contribution in [0.25, 0.3) is 0 Å². The van der Waals surface area contributed by atoms with Crippen molar-refractivity contribution in [3.8, 4) is 0 Å². The van der Waals surface area contributed by atoms with Crippen LogP contribution in [0.3, 0.4) is 0 Å². The molecule has 4 unspecified atom stereocenters. The fourth-order valence-corrected chi connectivity index (χ4v) is 6.13. The van der Waals surface area contributed by atoms with Crippen molar-refractivity contribution in [1.82, 2.24) is 16.0 Å². The Balaban J connectivity index is 1.47. The van der Waals surface area contributed by atoms with Gasteiger partial charge in [-0.25, -0.2) is 4.79 Å². The van der Waals surface area contributed by atoms with Crippen LogP contribution in [0.2, 0.25) is 10.0 Å². The highest BCUT2D eigenvalue weighted by molar-refractivity contribution is 6.30. The lowest BCUT2D eigenvalue weighted by Gasteiger charge is -2.28. The maximum Gasteiger partial charge on any atom is 0.408 e. The first kappa shape index (κ1) is 30.8. The average molecular weight is 603 g/mol. The monoisotopic (exact) mass is 601 g/mol. The minimum atomic E-state index is -0.892. The van der Waals surface area contributed by atoms with Crippen molar-refractivity contribution in [2.45, 2.75) is 76.0 Å². The summed E-state index contributed by atoms with van der Waals surface area (Å²) >= 11 is 12.4. The average Bonchev–Trinajstić information content (AvgIpc) is 3.36. The van der Waals surface area contributed by atoms with E-state index < -0.39 is 30.2 Å². The van der Waals surface area contributed by atoms with Crippen LogP contribution in [0.1, 0.15) is 68.6 Å². The van der Waals surface area contributed by atoms with E-state index in [1.807, 2.05) is 24.3 Å². The molecule has 1 aliphatic heterocycles. The van der Waals surface area contributed by atoms with Gasteiger partial charge in [0.25, 0.3) is 0 Å². The fraction of sp³-hybridized carbons (Fsp3) is 0.484. The number of carbonyl (C=O) groups excluding carboxylic acids is 4. The fourth-order valence-electron chi connectivity index (χ4n) is 5.71. The summed E-state index contributed by atoms with van der Waals surface area (Å²) in [7, 11) is 0. The van der Waals surface area contributed by atoms with Crippen molar-refractivity contribution in [3.63, 3.8) is 0 Å². The molecule has 1 aliphatic carbocycles. The minimum absolute atomic E-state index is 0.113. The van der Waals surface area contributed by atoms with Crippen molar-refractivity contribution in [1.29, 1.82) is 0 Å². The molecule has 2 aromatic rings. The van der Waals surface area contributed by atoms with E-state index in [1.54, 1.807) is 24.3 Å². The number of amides is 3. The highest BCUT2D eigenvalue weighted by Crippen LogP contribution is 2.29. The number of carbonyl (C=O) groups is 4. The molecule has 3 N–H and O–H groups in total. The van der Waals surface area contributed by atoms with E-state index in [9.17, 15) is 19.2 Å². The molecular weight excluding hydrogens is 565 g/mol. The van der Waals surface area contributed by atoms with Crippen molar-refractivity contribution in [3.05, 3.63) is 69.7 Å². The molecule has 8 nitrogen and oxygen atoms in total. The van der Waals surface area contributed by atoms with E-state index in [-0.39, 0.29) is 24.2 Å². The van der Waals surface area contributed by atoms with Gasteiger partial charge >= 0.3 is 6.09 Å². The summed E-state index contributed by atoms with van der Waals surface area (Å²) in [6.45, 7) is 0.559. The zero-order valence-corrected chi connectivity index (χ0v) is 24.5. The van der Waals surface area contributed by atoms with E-state index in [0.29, 0.717) is 47.7 Å². The highest BCUT2D eigenvalue weighted by Gasteiger charge is 2.32. The van der Waals surface area contributed by atoms with Crippen molar-refractivity contribution >= 4 is 47.4 Å². The first-order chi connectivity index (χ1) is 19.8. The Labute approximate surface area is 250 Å². The van der Waals surface area contributed by atoms with E-state index in [1.165, 1.54) is 0 Å². The Kier molecular flexibility index (Phi) is 11.5. The maximum absolute atomic E-state index is 13.4. The van der Waals surface area contributed by atoms with Crippen molar-refractivity contribution in [2.75, 3.05) is 6.54 Å². The predicted octanol–water partition coefficient (Wildman–Crippen LogP) is 5.55. The number of hydrogen-bond acceptors (Lipinski definition) is 5. The van der Waals surface area contributed by atoms with Gasteiger partial charge in [0.05, 0.1) is 6.04 Å². The van der Waals surface area contributed by atoms with Crippen LogP contribution in [0.5, 0.6) is 0 Å². The van der Waals surface area contributed by atoms with Crippen LogP contribution in [-0.2, 0) is 25.5 Å². The van der Waals surface area contributed by atoms with Gasteiger partial charge in [-0.3, -0.25) is 9.59 Å². The van der Waals surface area contributed by atoms with Gasteiger partial charge in [-0.05, 0) is 60.6 Å². The van der Waals surface area contributed by atoms with Gasteiger partial charge in [-0.15, -0.1) is 0 Å². The molecule has 1 saturated heterocycles. The number of halogens is 2. The number of hydrogen-bond donors (Lipinski definition) is 3. The van der Waals surface area contributed by atoms with Crippen LogP contribution in [0.15, 0.2) is 48.5 Å². The summed E-state index contributed by atoms with van der Waals surface area (Å²) in [5, 5.41) is 9.37. The zero-order valence-electron chi connectivity index (χ0n) is 23.0.